The van der Waals surface area contributed by atoms with Crippen molar-refractivity contribution in [2.45, 2.75) is 37.3 Å². The van der Waals surface area contributed by atoms with Crippen molar-refractivity contribution in [1.82, 2.24) is 4.90 Å². The molecule has 2 aromatic carbocycles. The van der Waals surface area contributed by atoms with Gasteiger partial charge in [0, 0.05) is 11.5 Å². The van der Waals surface area contributed by atoms with Crippen LogP contribution in [0, 0.1) is 11.8 Å². The normalized spacial score (nSPS) is 26.8. The molecule has 1 amide bonds. The van der Waals surface area contributed by atoms with Gasteiger partial charge in [0.25, 0.3) is 5.91 Å². The number of Topliss-reactive ketones (excluding diaryl/α,β-unsaturated/α-hetero) is 2. The number of carbonyl (C=O) groups excluding carboxylic acids is 3. The van der Waals surface area contributed by atoms with Crippen molar-refractivity contribution in [3.8, 4) is 5.75 Å². The molecule has 0 bridgehead atoms. The maximum absolute atomic E-state index is 13.9. The molecule has 3 aliphatic carbocycles. The van der Waals surface area contributed by atoms with Crippen molar-refractivity contribution in [2.75, 3.05) is 14.1 Å². The molecular weight excluding hydrogens is 488 g/mol. The molecule has 0 heterocycles. The molecule has 4 unspecified atom stereocenters. The monoisotopic (exact) mass is 518 g/mol. The minimum atomic E-state index is -2.63. The molecule has 0 saturated heterocycles. The van der Waals surface area contributed by atoms with E-state index >= 15 is 0 Å². The molecule has 4 atom stereocenters. The third kappa shape index (κ3) is 3.65. The van der Waals surface area contributed by atoms with E-state index in [-0.39, 0.29) is 29.7 Å². The van der Waals surface area contributed by atoms with Crippen molar-refractivity contribution in [2.24, 2.45) is 17.6 Å². The van der Waals surface area contributed by atoms with Crippen LogP contribution in [0.3, 0.4) is 0 Å². The molecule has 1 fully saturated rings. The van der Waals surface area contributed by atoms with Crippen LogP contribution in [0.1, 0.15) is 28.7 Å². The van der Waals surface area contributed by atoms with Gasteiger partial charge in [-0.2, -0.15) is 0 Å². The number of rotatable bonds is 5. The Balaban J connectivity index is 1.63. The third-order valence-electron chi connectivity index (χ3n) is 8.23. The second-order valence-electron chi connectivity index (χ2n) is 10.5. The summed E-state index contributed by atoms with van der Waals surface area (Å²) in [6, 6.07) is 12.1. The minimum Gasteiger partial charge on any atom is -0.508 e. The van der Waals surface area contributed by atoms with Crippen LogP contribution in [0.2, 0.25) is 0 Å². The summed E-state index contributed by atoms with van der Waals surface area (Å²) >= 11 is 0. The number of ketones is 2. The maximum Gasteiger partial charge on any atom is 0.255 e. The number of phenols is 1. The molecule has 0 aromatic heterocycles. The number of carbonyl (C=O) groups is 3. The van der Waals surface area contributed by atoms with E-state index in [1.807, 2.05) is 30.3 Å². The predicted octanol–water partition coefficient (Wildman–Crippen LogP) is 1.75. The van der Waals surface area contributed by atoms with Crippen molar-refractivity contribution < 1.29 is 34.8 Å². The fourth-order valence-electron chi connectivity index (χ4n) is 6.47. The first-order valence-corrected chi connectivity index (χ1v) is 12.5. The minimum absolute atomic E-state index is 0.0690. The molecule has 198 valence electrons. The number of likely N-dealkylation sites (N-methyl/N-ethyl adjacent to an activating group) is 1. The second kappa shape index (κ2) is 9.11. The van der Waals surface area contributed by atoms with E-state index in [2.05, 4.69) is 0 Å². The average molecular weight is 519 g/mol. The topological polar surface area (TPSA) is 161 Å². The first-order valence-electron chi connectivity index (χ1n) is 12.5. The third-order valence-corrected chi connectivity index (χ3v) is 8.23. The van der Waals surface area contributed by atoms with Gasteiger partial charge in [-0.25, -0.2) is 0 Å². The van der Waals surface area contributed by atoms with Crippen LogP contribution in [0.4, 0.5) is 0 Å². The van der Waals surface area contributed by atoms with Crippen LogP contribution in [0.25, 0.3) is 5.76 Å². The summed E-state index contributed by atoms with van der Waals surface area (Å²) in [5, 5.41) is 44.6. The zero-order valence-electron chi connectivity index (χ0n) is 21.1. The molecule has 38 heavy (non-hydrogen) atoms. The molecular formula is C29H30N2O7. The number of hydrogen-bond donors (Lipinski definition) is 5. The van der Waals surface area contributed by atoms with Crippen LogP contribution in [0.5, 0.6) is 5.75 Å². The number of phenolic OH excluding ortho intramolecular Hbond substituents is 1. The highest BCUT2D eigenvalue weighted by molar-refractivity contribution is 6.24. The Labute approximate surface area is 219 Å². The summed E-state index contributed by atoms with van der Waals surface area (Å²) in [6.07, 6.45) is 1.72. The van der Waals surface area contributed by atoms with Crippen LogP contribution >= 0.6 is 0 Å². The first-order chi connectivity index (χ1) is 18.0. The van der Waals surface area contributed by atoms with Crippen molar-refractivity contribution in [3.05, 3.63) is 81.6 Å². The Bertz CT molecular complexity index is 1430. The Hall–Kier alpha value is -3.95. The Morgan fingerprint density at radius 1 is 1.05 bits per heavy atom. The van der Waals surface area contributed by atoms with Crippen LogP contribution in [-0.2, 0) is 33.6 Å². The van der Waals surface area contributed by atoms with Crippen molar-refractivity contribution in [3.63, 3.8) is 0 Å². The van der Waals surface area contributed by atoms with Gasteiger partial charge >= 0.3 is 0 Å². The lowest BCUT2D eigenvalue weighted by molar-refractivity contribution is -0.153. The molecule has 0 aliphatic heterocycles. The quantitative estimate of drug-likeness (QED) is 0.374. The molecule has 2 aromatic rings. The number of hydrogen-bond acceptors (Lipinski definition) is 8. The van der Waals surface area contributed by atoms with E-state index in [0.29, 0.717) is 12.0 Å². The van der Waals surface area contributed by atoms with Gasteiger partial charge in [0.05, 0.1) is 11.6 Å². The highest BCUT2D eigenvalue weighted by Crippen LogP contribution is 2.53. The Morgan fingerprint density at radius 2 is 1.74 bits per heavy atom. The van der Waals surface area contributed by atoms with Gasteiger partial charge in [-0.05, 0) is 68.5 Å². The number of benzene rings is 2. The summed E-state index contributed by atoms with van der Waals surface area (Å²) in [6.45, 7) is 0. The number of aromatic hydroxyl groups is 1. The summed E-state index contributed by atoms with van der Waals surface area (Å²) < 4.78 is 0. The lowest BCUT2D eigenvalue weighted by Gasteiger charge is -2.50. The van der Waals surface area contributed by atoms with Gasteiger partial charge in [-0.3, -0.25) is 19.3 Å². The second-order valence-corrected chi connectivity index (χ2v) is 10.5. The first kappa shape index (κ1) is 25.7. The SMILES string of the molecule is CN(C)C1C(=O)C(C(N)=O)=C(O)C2(O)C(=O)C3=C(O)c4c(O)ccc(CCc5ccccc5)c4CC3CC12. The standard InChI is InChI=1S/C29H30N2O7/c1-31(2)23-18-13-16-12-17-15(9-8-14-6-4-3-5-7-14)10-11-19(32)21(17)24(33)20(16)26(35)29(18,38)27(36)22(25(23)34)28(30)37/h3-7,10-11,16,18,23,32-33,36,38H,8-9,12-13H2,1-2H3,(H2,30,37). The lowest BCUT2D eigenvalue weighted by Crippen LogP contribution is -2.65. The number of aryl methyl sites for hydroxylation is 2. The van der Waals surface area contributed by atoms with E-state index in [4.69, 9.17) is 5.73 Å². The van der Waals surface area contributed by atoms with E-state index in [1.165, 1.54) is 11.0 Å². The van der Waals surface area contributed by atoms with Crippen LogP contribution in [0.15, 0.2) is 59.4 Å². The van der Waals surface area contributed by atoms with Crippen molar-refractivity contribution >= 4 is 23.2 Å². The van der Waals surface area contributed by atoms with E-state index in [1.54, 1.807) is 20.2 Å². The average Bonchev–Trinajstić information content (AvgIpc) is 2.86. The van der Waals surface area contributed by atoms with E-state index < -0.39 is 58.0 Å². The summed E-state index contributed by atoms with van der Waals surface area (Å²) in [4.78, 5) is 40.6. The maximum atomic E-state index is 13.9. The van der Waals surface area contributed by atoms with Gasteiger partial charge < -0.3 is 26.2 Å². The molecule has 6 N–H and O–H groups in total. The molecule has 3 aliphatic rings. The number of nitrogens with zero attached hydrogens (tertiary/aromatic N) is 1. The molecule has 0 spiro atoms. The fourth-order valence-corrected chi connectivity index (χ4v) is 6.47. The summed E-state index contributed by atoms with van der Waals surface area (Å²) in [5.41, 5.74) is 4.61. The zero-order valence-corrected chi connectivity index (χ0v) is 21.1. The number of fused-ring (bicyclic) bond motifs is 3. The smallest absolute Gasteiger partial charge is 0.255 e. The molecule has 5 rings (SSSR count). The van der Waals surface area contributed by atoms with Gasteiger partial charge in [-0.1, -0.05) is 36.4 Å². The number of amides is 1. The summed E-state index contributed by atoms with van der Waals surface area (Å²) in [7, 11) is 3.15. The molecule has 1 saturated carbocycles. The Morgan fingerprint density at radius 3 is 2.37 bits per heavy atom. The van der Waals surface area contributed by atoms with Crippen molar-refractivity contribution in [1.29, 1.82) is 0 Å². The van der Waals surface area contributed by atoms with E-state index in [9.17, 15) is 34.8 Å². The van der Waals surface area contributed by atoms with Crippen LogP contribution < -0.4 is 5.73 Å². The van der Waals surface area contributed by atoms with Gasteiger partial charge in [0.1, 0.15) is 22.8 Å². The molecule has 9 heteroatoms. The number of aliphatic hydroxyl groups excluding tert-OH is 2. The van der Waals surface area contributed by atoms with Gasteiger partial charge in [0.2, 0.25) is 5.78 Å². The number of aliphatic hydroxyl groups is 3. The molecule has 0 radical (unpaired) electrons. The zero-order chi connectivity index (χ0) is 27.5. The predicted molar refractivity (Wildman–Crippen MR) is 138 cm³/mol. The Kier molecular flexibility index (Phi) is 6.16. The largest absolute Gasteiger partial charge is 0.508 e. The number of nitrogens with two attached hydrogens (primary N) is 1. The lowest BCUT2D eigenvalue weighted by atomic mass is 9.57. The van der Waals surface area contributed by atoms with E-state index in [0.717, 1.165) is 17.5 Å². The van der Waals surface area contributed by atoms with Gasteiger partial charge in [0.15, 0.2) is 11.4 Å². The fraction of sp³-hybridized carbons (Fsp3) is 0.345. The highest BCUT2D eigenvalue weighted by Gasteiger charge is 2.64. The van der Waals surface area contributed by atoms with Crippen LogP contribution in [-0.4, -0.2) is 68.5 Å². The number of primary amides is 1. The van der Waals surface area contributed by atoms with Gasteiger partial charge in [-0.15, -0.1) is 0 Å². The highest BCUT2D eigenvalue weighted by atomic mass is 16.3. The summed E-state index contributed by atoms with van der Waals surface area (Å²) in [5.74, 6) is -6.48. The molecule has 9 nitrogen and oxygen atoms in total.